The first kappa shape index (κ1) is 19.5. The molecule has 0 spiro atoms. The number of nitrogens with one attached hydrogen (secondary N) is 2. The lowest BCUT2D eigenvalue weighted by Crippen LogP contribution is -2.34. The van der Waals surface area contributed by atoms with E-state index in [0.29, 0.717) is 24.3 Å². The van der Waals surface area contributed by atoms with Crippen molar-refractivity contribution >= 4 is 38.9 Å². The Morgan fingerprint density at radius 1 is 1.04 bits per heavy atom. The minimum Gasteiger partial charge on any atom is -0.332 e. The van der Waals surface area contributed by atoms with Crippen LogP contribution in [0.3, 0.4) is 0 Å². The van der Waals surface area contributed by atoms with Gasteiger partial charge in [-0.2, -0.15) is 4.31 Å². The maximum Gasteiger partial charge on any atom is 0.257 e. The summed E-state index contributed by atoms with van der Waals surface area (Å²) >= 11 is 5.18. The third-order valence-electron chi connectivity index (χ3n) is 4.43. The number of rotatable bonds is 4. The highest BCUT2D eigenvalue weighted by molar-refractivity contribution is 7.89. The molecule has 0 aliphatic carbocycles. The second kappa shape index (κ2) is 8.16. The van der Waals surface area contributed by atoms with Crippen LogP contribution in [0.5, 0.6) is 0 Å². The SMILES string of the molecule is Cc1ccccc1C(=O)NC(=S)Nc1ccc(S(=O)(=O)N2CCCC2)cc1. The zero-order valence-electron chi connectivity index (χ0n) is 14.9. The molecule has 3 rings (SSSR count). The van der Waals surface area contributed by atoms with Gasteiger partial charge >= 0.3 is 0 Å². The lowest BCUT2D eigenvalue weighted by atomic mass is 10.1. The predicted molar refractivity (Wildman–Crippen MR) is 109 cm³/mol. The molecular formula is C19H21N3O3S2. The van der Waals surface area contributed by atoms with Crippen molar-refractivity contribution in [2.24, 2.45) is 0 Å². The van der Waals surface area contributed by atoms with Gasteiger partial charge in [0.1, 0.15) is 0 Å². The van der Waals surface area contributed by atoms with Crippen molar-refractivity contribution in [1.29, 1.82) is 0 Å². The second-order valence-electron chi connectivity index (χ2n) is 6.36. The van der Waals surface area contributed by atoms with Crippen molar-refractivity contribution in [3.8, 4) is 0 Å². The molecule has 8 heteroatoms. The third kappa shape index (κ3) is 4.52. The van der Waals surface area contributed by atoms with Crippen LogP contribution >= 0.6 is 12.2 Å². The quantitative estimate of drug-likeness (QED) is 0.768. The van der Waals surface area contributed by atoms with Crippen LogP contribution in [0.25, 0.3) is 0 Å². The number of thiocarbonyl (C=S) groups is 1. The molecule has 2 aromatic carbocycles. The monoisotopic (exact) mass is 403 g/mol. The number of aryl methyl sites for hydroxylation is 1. The number of anilines is 1. The lowest BCUT2D eigenvalue weighted by Gasteiger charge is -2.16. The first-order chi connectivity index (χ1) is 12.9. The molecule has 1 saturated heterocycles. The molecule has 0 bridgehead atoms. The summed E-state index contributed by atoms with van der Waals surface area (Å²) in [4.78, 5) is 12.5. The molecular weight excluding hydrogens is 382 g/mol. The molecule has 0 atom stereocenters. The maximum atomic E-state index is 12.5. The van der Waals surface area contributed by atoms with Gasteiger partial charge in [0.05, 0.1) is 4.90 Å². The third-order valence-corrected chi connectivity index (χ3v) is 6.55. The normalized spacial score (nSPS) is 14.7. The van der Waals surface area contributed by atoms with Crippen molar-refractivity contribution in [1.82, 2.24) is 9.62 Å². The molecule has 6 nitrogen and oxygen atoms in total. The van der Waals surface area contributed by atoms with E-state index in [4.69, 9.17) is 12.2 Å². The van der Waals surface area contributed by atoms with E-state index < -0.39 is 10.0 Å². The highest BCUT2D eigenvalue weighted by Crippen LogP contribution is 2.22. The molecule has 1 aliphatic heterocycles. The van der Waals surface area contributed by atoms with Gasteiger partial charge in [-0.25, -0.2) is 8.42 Å². The van der Waals surface area contributed by atoms with Gasteiger partial charge in [-0.1, -0.05) is 18.2 Å². The van der Waals surface area contributed by atoms with E-state index in [0.717, 1.165) is 18.4 Å². The van der Waals surface area contributed by atoms with Crippen LogP contribution in [0.15, 0.2) is 53.4 Å². The number of nitrogens with zero attached hydrogens (tertiary/aromatic N) is 1. The number of amides is 1. The van der Waals surface area contributed by atoms with Gasteiger partial charge in [0.2, 0.25) is 10.0 Å². The fourth-order valence-corrected chi connectivity index (χ4v) is 4.68. The van der Waals surface area contributed by atoms with E-state index in [9.17, 15) is 13.2 Å². The maximum absolute atomic E-state index is 12.5. The van der Waals surface area contributed by atoms with E-state index in [1.165, 1.54) is 4.31 Å². The molecule has 1 fully saturated rings. The van der Waals surface area contributed by atoms with Crippen molar-refractivity contribution in [2.75, 3.05) is 18.4 Å². The summed E-state index contributed by atoms with van der Waals surface area (Å²) in [5.74, 6) is -0.293. The molecule has 2 aromatic rings. The minimum absolute atomic E-state index is 0.151. The van der Waals surface area contributed by atoms with E-state index in [-0.39, 0.29) is 15.9 Å². The van der Waals surface area contributed by atoms with Gasteiger partial charge in [0, 0.05) is 24.3 Å². The number of sulfonamides is 1. The number of benzene rings is 2. The summed E-state index contributed by atoms with van der Waals surface area (Å²) in [7, 11) is -3.44. The largest absolute Gasteiger partial charge is 0.332 e. The first-order valence-electron chi connectivity index (χ1n) is 8.66. The Hall–Kier alpha value is -2.29. The van der Waals surface area contributed by atoms with Crippen LogP contribution in [0.1, 0.15) is 28.8 Å². The smallest absolute Gasteiger partial charge is 0.257 e. The van der Waals surface area contributed by atoms with E-state index in [1.54, 1.807) is 36.4 Å². The Balaban J connectivity index is 1.63. The summed E-state index contributed by atoms with van der Waals surface area (Å²) in [5, 5.41) is 5.68. The molecule has 1 amide bonds. The van der Waals surface area contributed by atoms with Crippen molar-refractivity contribution < 1.29 is 13.2 Å². The fraction of sp³-hybridized carbons (Fsp3) is 0.263. The van der Waals surface area contributed by atoms with Crippen molar-refractivity contribution in [3.63, 3.8) is 0 Å². The Morgan fingerprint density at radius 2 is 1.67 bits per heavy atom. The van der Waals surface area contributed by atoms with E-state index in [1.807, 2.05) is 19.1 Å². The van der Waals surface area contributed by atoms with Gasteiger partial charge < -0.3 is 5.32 Å². The molecule has 0 saturated carbocycles. The van der Waals surface area contributed by atoms with Gasteiger partial charge in [0.15, 0.2) is 5.11 Å². The molecule has 2 N–H and O–H groups in total. The van der Waals surface area contributed by atoms with E-state index >= 15 is 0 Å². The topological polar surface area (TPSA) is 78.5 Å². The molecule has 0 unspecified atom stereocenters. The van der Waals surface area contributed by atoms with Gasteiger partial charge in [0.25, 0.3) is 5.91 Å². The lowest BCUT2D eigenvalue weighted by molar-refractivity contribution is 0.0977. The number of hydrogen-bond acceptors (Lipinski definition) is 4. The highest BCUT2D eigenvalue weighted by Gasteiger charge is 2.26. The molecule has 0 radical (unpaired) electrons. The Morgan fingerprint density at radius 3 is 2.30 bits per heavy atom. The summed E-state index contributed by atoms with van der Waals surface area (Å²) in [6, 6.07) is 13.6. The summed E-state index contributed by atoms with van der Waals surface area (Å²) in [6.07, 6.45) is 1.79. The molecule has 1 aliphatic rings. The van der Waals surface area contributed by atoms with Gasteiger partial charge in [-0.15, -0.1) is 0 Å². The molecule has 1 heterocycles. The highest BCUT2D eigenvalue weighted by atomic mass is 32.2. The standard InChI is InChI=1S/C19H21N3O3S2/c1-14-6-2-3-7-17(14)18(23)21-19(26)20-15-8-10-16(11-9-15)27(24,25)22-12-4-5-13-22/h2-3,6-11H,4-5,12-13H2,1H3,(H2,20,21,23,26). The average Bonchev–Trinajstić information content (AvgIpc) is 3.18. The summed E-state index contributed by atoms with van der Waals surface area (Å²) < 4.78 is 26.6. The second-order valence-corrected chi connectivity index (χ2v) is 8.70. The summed E-state index contributed by atoms with van der Waals surface area (Å²) in [6.45, 7) is 2.99. The molecule has 142 valence electrons. The fourth-order valence-electron chi connectivity index (χ4n) is 2.95. The zero-order valence-corrected chi connectivity index (χ0v) is 16.6. The van der Waals surface area contributed by atoms with Crippen LogP contribution in [0.2, 0.25) is 0 Å². The Labute approximate surface area is 164 Å². The van der Waals surface area contributed by atoms with Gasteiger partial charge in [-0.3, -0.25) is 10.1 Å². The van der Waals surface area contributed by atoms with Crippen LogP contribution < -0.4 is 10.6 Å². The zero-order chi connectivity index (χ0) is 19.4. The first-order valence-corrected chi connectivity index (χ1v) is 10.5. The van der Waals surface area contributed by atoms with Crippen LogP contribution in [-0.2, 0) is 10.0 Å². The van der Waals surface area contributed by atoms with Crippen molar-refractivity contribution in [3.05, 3.63) is 59.7 Å². The number of carbonyl (C=O) groups is 1. The van der Waals surface area contributed by atoms with Gasteiger partial charge in [-0.05, 0) is 67.9 Å². The van der Waals surface area contributed by atoms with Crippen LogP contribution in [-0.4, -0.2) is 36.8 Å². The Kier molecular flexibility index (Phi) is 5.88. The van der Waals surface area contributed by atoms with Crippen LogP contribution in [0, 0.1) is 6.92 Å². The number of carbonyl (C=O) groups excluding carboxylic acids is 1. The van der Waals surface area contributed by atoms with E-state index in [2.05, 4.69) is 10.6 Å². The molecule has 0 aromatic heterocycles. The van der Waals surface area contributed by atoms with Crippen LogP contribution in [0.4, 0.5) is 5.69 Å². The average molecular weight is 404 g/mol. The number of hydrogen-bond donors (Lipinski definition) is 2. The summed E-state index contributed by atoms with van der Waals surface area (Å²) in [5.41, 5.74) is 2.01. The molecule has 27 heavy (non-hydrogen) atoms. The minimum atomic E-state index is -3.44. The Bertz CT molecular complexity index is 950. The van der Waals surface area contributed by atoms with Crippen molar-refractivity contribution in [2.45, 2.75) is 24.7 Å². The predicted octanol–water partition coefficient (Wildman–Crippen LogP) is 2.91.